The molecule has 0 amide bonds. The molecular weight excluding hydrogens is 211 g/mol. The van der Waals surface area contributed by atoms with Gasteiger partial charge in [-0.2, -0.15) is 0 Å². The highest BCUT2D eigenvalue weighted by molar-refractivity contribution is 5.19. The van der Waals surface area contributed by atoms with Gasteiger partial charge >= 0.3 is 0 Å². The molecule has 0 aliphatic rings. The molecule has 1 heteroatoms. The van der Waals surface area contributed by atoms with Crippen molar-refractivity contribution in [2.45, 2.75) is 27.2 Å². The van der Waals surface area contributed by atoms with Gasteiger partial charge in [0.15, 0.2) is 0 Å². The van der Waals surface area contributed by atoms with Crippen LogP contribution in [0.25, 0.3) is 0 Å². The SMILES string of the molecule is CCc1ccc(F)cc1.Cc1ccc(C)cc1. The molecule has 0 saturated carbocycles. The zero-order chi connectivity index (χ0) is 12.7. The summed E-state index contributed by atoms with van der Waals surface area (Å²) in [7, 11) is 0. The Kier molecular flexibility index (Phi) is 5.41. The van der Waals surface area contributed by atoms with Gasteiger partial charge in [-0.15, -0.1) is 0 Å². The van der Waals surface area contributed by atoms with E-state index in [2.05, 4.69) is 38.1 Å². The molecule has 17 heavy (non-hydrogen) atoms. The van der Waals surface area contributed by atoms with Gasteiger partial charge in [-0.1, -0.05) is 54.4 Å². The number of benzene rings is 2. The first-order valence-electron chi connectivity index (χ1n) is 5.89. The van der Waals surface area contributed by atoms with Gasteiger partial charge in [0.05, 0.1) is 0 Å². The molecule has 0 saturated heterocycles. The minimum Gasteiger partial charge on any atom is -0.207 e. The van der Waals surface area contributed by atoms with E-state index >= 15 is 0 Å². The number of hydrogen-bond donors (Lipinski definition) is 0. The lowest BCUT2D eigenvalue weighted by Crippen LogP contribution is -1.78. The van der Waals surface area contributed by atoms with Crippen molar-refractivity contribution in [3.8, 4) is 0 Å². The third-order valence-electron chi connectivity index (χ3n) is 2.54. The Balaban J connectivity index is 0.000000171. The van der Waals surface area contributed by atoms with Crippen molar-refractivity contribution in [1.29, 1.82) is 0 Å². The van der Waals surface area contributed by atoms with Gasteiger partial charge in [0.25, 0.3) is 0 Å². The van der Waals surface area contributed by atoms with E-state index in [1.165, 1.54) is 28.8 Å². The first-order chi connectivity index (χ1) is 8.11. The molecule has 0 heterocycles. The summed E-state index contributed by atoms with van der Waals surface area (Å²) in [6.07, 6.45) is 0.972. The molecule has 0 aromatic heterocycles. The molecule has 0 bridgehead atoms. The summed E-state index contributed by atoms with van der Waals surface area (Å²) >= 11 is 0. The second-order valence-corrected chi connectivity index (χ2v) is 4.13. The molecule has 2 rings (SSSR count). The van der Waals surface area contributed by atoms with Crippen LogP contribution in [0.3, 0.4) is 0 Å². The van der Waals surface area contributed by atoms with Crippen molar-refractivity contribution < 1.29 is 4.39 Å². The van der Waals surface area contributed by atoms with E-state index in [0.29, 0.717) is 0 Å². The molecule has 0 aliphatic carbocycles. The highest BCUT2D eigenvalue weighted by atomic mass is 19.1. The van der Waals surface area contributed by atoms with Crippen LogP contribution in [0.1, 0.15) is 23.6 Å². The minimum absolute atomic E-state index is 0.160. The fourth-order valence-electron chi connectivity index (χ4n) is 1.36. The molecular formula is C16H19F. The van der Waals surface area contributed by atoms with E-state index in [1.807, 2.05) is 6.92 Å². The maximum absolute atomic E-state index is 12.2. The van der Waals surface area contributed by atoms with Crippen LogP contribution in [0.5, 0.6) is 0 Å². The van der Waals surface area contributed by atoms with Gasteiger partial charge < -0.3 is 0 Å². The number of rotatable bonds is 1. The zero-order valence-electron chi connectivity index (χ0n) is 10.7. The topological polar surface area (TPSA) is 0 Å². The number of aryl methyl sites for hydroxylation is 3. The van der Waals surface area contributed by atoms with Crippen molar-refractivity contribution in [1.82, 2.24) is 0 Å². The van der Waals surface area contributed by atoms with Gasteiger partial charge in [-0.25, -0.2) is 4.39 Å². The molecule has 0 radical (unpaired) electrons. The quantitative estimate of drug-likeness (QED) is 0.666. The standard InChI is InChI=1S/C8H9F.C8H10/c1-2-7-3-5-8(9)6-4-7;1-7-3-5-8(2)6-4-7/h3-6H,2H2,1H3;3-6H,1-2H3. The third-order valence-corrected chi connectivity index (χ3v) is 2.54. The average Bonchev–Trinajstić information content (AvgIpc) is 2.35. The maximum atomic E-state index is 12.2. The van der Waals surface area contributed by atoms with E-state index in [1.54, 1.807) is 12.1 Å². The maximum Gasteiger partial charge on any atom is 0.123 e. The Bertz CT molecular complexity index is 405. The largest absolute Gasteiger partial charge is 0.207 e. The van der Waals surface area contributed by atoms with Crippen LogP contribution in [0, 0.1) is 19.7 Å². The van der Waals surface area contributed by atoms with Crippen LogP contribution >= 0.6 is 0 Å². The first kappa shape index (κ1) is 13.4. The van der Waals surface area contributed by atoms with Crippen LogP contribution in [0.4, 0.5) is 4.39 Å². The lowest BCUT2D eigenvalue weighted by atomic mass is 10.2. The molecule has 2 aromatic rings. The van der Waals surface area contributed by atoms with Crippen molar-refractivity contribution in [3.63, 3.8) is 0 Å². The molecule has 90 valence electrons. The Labute approximate surface area is 103 Å². The summed E-state index contributed by atoms with van der Waals surface area (Å²) in [4.78, 5) is 0. The van der Waals surface area contributed by atoms with E-state index in [9.17, 15) is 4.39 Å². The normalized spacial score (nSPS) is 9.41. The average molecular weight is 230 g/mol. The summed E-state index contributed by atoms with van der Waals surface area (Å²) in [5.74, 6) is -0.160. The van der Waals surface area contributed by atoms with Crippen LogP contribution in [-0.4, -0.2) is 0 Å². The highest BCUT2D eigenvalue weighted by Gasteiger charge is 1.87. The van der Waals surface area contributed by atoms with Gasteiger partial charge in [0.1, 0.15) is 5.82 Å². The van der Waals surface area contributed by atoms with Crippen molar-refractivity contribution in [2.75, 3.05) is 0 Å². The summed E-state index contributed by atoms with van der Waals surface area (Å²) in [6.45, 7) is 6.24. The van der Waals surface area contributed by atoms with E-state index < -0.39 is 0 Å². The molecule has 2 aromatic carbocycles. The Morgan fingerprint density at radius 3 is 1.53 bits per heavy atom. The molecule has 0 unspecified atom stereocenters. The van der Waals surface area contributed by atoms with Crippen LogP contribution in [0.2, 0.25) is 0 Å². The van der Waals surface area contributed by atoms with Gasteiger partial charge in [-0.3, -0.25) is 0 Å². The Morgan fingerprint density at radius 1 is 0.765 bits per heavy atom. The van der Waals surface area contributed by atoms with Crippen LogP contribution in [-0.2, 0) is 6.42 Å². The van der Waals surface area contributed by atoms with Crippen LogP contribution in [0.15, 0.2) is 48.5 Å². The van der Waals surface area contributed by atoms with Gasteiger partial charge in [0.2, 0.25) is 0 Å². The fraction of sp³-hybridized carbons (Fsp3) is 0.250. The predicted octanol–water partition coefficient (Wildman–Crippen LogP) is 4.69. The smallest absolute Gasteiger partial charge is 0.123 e. The Hall–Kier alpha value is -1.63. The number of halogens is 1. The van der Waals surface area contributed by atoms with E-state index in [0.717, 1.165) is 6.42 Å². The lowest BCUT2D eigenvalue weighted by molar-refractivity contribution is 0.627. The molecule has 0 N–H and O–H groups in total. The second-order valence-electron chi connectivity index (χ2n) is 4.13. The monoisotopic (exact) mass is 230 g/mol. The Morgan fingerprint density at radius 2 is 1.18 bits per heavy atom. The van der Waals surface area contributed by atoms with Crippen LogP contribution < -0.4 is 0 Å². The molecule has 0 aliphatic heterocycles. The summed E-state index contributed by atoms with van der Waals surface area (Å²) in [5, 5.41) is 0. The third kappa shape index (κ3) is 5.30. The van der Waals surface area contributed by atoms with Gasteiger partial charge in [-0.05, 0) is 38.0 Å². The minimum atomic E-state index is -0.160. The number of hydrogen-bond acceptors (Lipinski definition) is 0. The lowest BCUT2D eigenvalue weighted by Gasteiger charge is -1.92. The molecule has 0 nitrogen and oxygen atoms in total. The summed E-state index contributed by atoms with van der Waals surface area (Å²) in [5.41, 5.74) is 3.84. The van der Waals surface area contributed by atoms with E-state index in [-0.39, 0.29) is 5.82 Å². The molecule has 0 spiro atoms. The highest BCUT2D eigenvalue weighted by Crippen LogP contribution is 2.02. The summed E-state index contributed by atoms with van der Waals surface area (Å²) in [6, 6.07) is 15.1. The molecule has 0 atom stereocenters. The fourth-order valence-corrected chi connectivity index (χ4v) is 1.36. The van der Waals surface area contributed by atoms with Crippen molar-refractivity contribution in [2.24, 2.45) is 0 Å². The first-order valence-corrected chi connectivity index (χ1v) is 5.89. The predicted molar refractivity (Wildman–Crippen MR) is 71.7 cm³/mol. The van der Waals surface area contributed by atoms with Gasteiger partial charge in [0, 0.05) is 0 Å². The summed E-state index contributed by atoms with van der Waals surface area (Å²) < 4.78 is 12.2. The zero-order valence-corrected chi connectivity index (χ0v) is 10.7. The van der Waals surface area contributed by atoms with Crippen molar-refractivity contribution in [3.05, 3.63) is 71.0 Å². The molecule has 0 fully saturated rings. The van der Waals surface area contributed by atoms with Crippen molar-refractivity contribution >= 4 is 0 Å². The van der Waals surface area contributed by atoms with E-state index in [4.69, 9.17) is 0 Å². The second kappa shape index (κ2) is 6.85.